The van der Waals surface area contributed by atoms with Gasteiger partial charge in [0.25, 0.3) is 0 Å². The second kappa shape index (κ2) is 6.94. The summed E-state index contributed by atoms with van der Waals surface area (Å²) in [7, 11) is 1.82. The highest BCUT2D eigenvalue weighted by Gasteiger charge is 2.28. The van der Waals surface area contributed by atoms with Gasteiger partial charge in [0.15, 0.2) is 0 Å². The van der Waals surface area contributed by atoms with E-state index in [1.54, 1.807) is 4.90 Å². The fourth-order valence-electron chi connectivity index (χ4n) is 2.74. The quantitative estimate of drug-likeness (QED) is 0.875. The van der Waals surface area contributed by atoms with E-state index in [1.807, 2.05) is 33.0 Å². The van der Waals surface area contributed by atoms with Gasteiger partial charge in [0.2, 0.25) is 5.91 Å². The number of carbonyl (C=O) groups is 1. The van der Waals surface area contributed by atoms with Crippen molar-refractivity contribution in [1.29, 1.82) is 0 Å². The molecule has 1 amide bonds. The second-order valence-electron chi connectivity index (χ2n) is 6.13. The topological polar surface area (TPSA) is 49.8 Å². The highest BCUT2D eigenvalue weighted by atomic mass is 16.5. The third-order valence-electron chi connectivity index (χ3n) is 4.07. The predicted octanol–water partition coefficient (Wildman–Crippen LogP) is 2.30. The van der Waals surface area contributed by atoms with Crippen molar-refractivity contribution < 1.29 is 14.6 Å². The van der Waals surface area contributed by atoms with Crippen LogP contribution in [0.25, 0.3) is 0 Å². The lowest BCUT2D eigenvalue weighted by molar-refractivity contribution is -0.132. The molecule has 0 unspecified atom stereocenters. The van der Waals surface area contributed by atoms with Gasteiger partial charge in [0.05, 0.1) is 19.1 Å². The number of aliphatic hydroxyl groups excluding tert-OH is 1. The van der Waals surface area contributed by atoms with Crippen molar-refractivity contribution in [3.8, 4) is 5.75 Å². The third-order valence-corrected chi connectivity index (χ3v) is 4.07. The molecule has 0 aliphatic heterocycles. The molecule has 0 spiro atoms. The number of amides is 1. The smallest absolute Gasteiger partial charge is 0.225 e. The van der Waals surface area contributed by atoms with E-state index in [4.69, 9.17) is 4.74 Å². The molecule has 1 aliphatic rings. The molecule has 1 saturated carbocycles. The summed E-state index contributed by atoms with van der Waals surface area (Å²) < 4.78 is 5.69. The average Bonchev–Trinajstić information content (AvgIpc) is 2.39. The SMILES string of the molecule is Cc1ccc(OCCC(=O)N(C)CC2CC(O)C2)c(C)c1. The third kappa shape index (κ3) is 4.46. The number of carbonyl (C=O) groups excluding carboxylic acids is 1. The molecule has 116 valence electrons. The van der Waals surface area contributed by atoms with Crippen LogP contribution in [0.15, 0.2) is 18.2 Å². The Labute approximate surface area is 126 Å². The van der Waals surface area contributed by atoms with E-state index in [1.165, 1.54) is 5.56 Å². The molecular formula is C17H25NO3. The number of rotatable bonds is 6. The normalized spacial score (nSPS) is 20.8. The molecule has 1 N–H and O–H groups in total. The summed E-state index contributed by atoms with van der Waals surface area (Å²) in [4.78, 5) is 13.8. The summed E-state index contributed by atoms with van der Waals surface area (Å²) in [6.07, 6.45) is 1.86. The lowest BCUT2D eigenvalue weighted by atomic mass is 9.82. The van der Waals surface area contributed by atoms with E-state index in [0.29, 0.717) is 18.9 Å². The van der Waals surface area contributed by atoms with E-state index in [2.05, 4.69) is 6.07 Å². The van der Waals surface area contributed by atoms with E-state index >= 15 is 0 Å². The fourth-order valence-corrected chi connectivity index (χ4v) is 2.74. The van der Waals surface area contributed by atoms with Gasteiger partial charge in [-0.05, 0) is 44.2 Å². The number of benzene rings is 1. The Morgan fingerprint density at radius 1 is 1.38 bits per heavy atom. The number of aryl methyl sites for hydroxylation is 2. The minimum absolute atomic E-state index is 0.0983. The summed E-state index contributed by atoms with van der Waals surface area (Å²) in [5.41, 5.74) is 2.30. The maximum Gasteiger partial charge on any atom is 0.225 e. The van der Waals surface area contributed by atoms with Crippen molar-refractivity contribution in [3.05, 3.63) is 29.3 Å². The molecule has 21 heavy (non-hydrogen) atoms. The minimum Gasteiger partial charge on any atom is -0.493 e. The Balaban J connectivity index is 1.71. The van der Waals surface area contributed by atoms with Crippen LogP contribution in [0.4, 0.5) is 0 Å². The van der Waals surface area contributed by atoms with Gasteiger partial charge in [0, 0.05) is 13.6 Å². The summed E-state index contributed by atoms with van der Waals surface area (Å²) in [5, 5.41) is 9.26. The van der Waals surface area contributed by atoms with Crippen molar-refractivity contribution in [2.75, 3.05) is 20.2 Å². The summed E-state index contributed by atoms with van der Waals surface area (Å²) in [6.45, 7) is 5.20. The van der Waals surface area contributed by atoms with Gasteiger partial charge < -0.3 is 14.7 Å². The summed E-state index contributed by atoms with van der Waals surface area (Å²) in [6, 6.07) is 6.04. The molecule has 1 aromatic rings. The second-order valence-corrected chi connectivity index (χ2v) is 6.13. The van der Waals surface area contributed by atoms with E-state index in [-0.39, 0.29) is 12.0 Å². The first-order valence-electron chi connectivity index (χ1n) is 7.57. The first-order valence-corrected chi connectivity index (χ1v) is 7.57. The van der Waals surface area contributed by atoms with E-state index < -0.39 is 0 Å². The number of hydrogen-bond donors (Lipinski definition) is 1. The molecule has 0 bridgehead atoms. The van der Waals surface area contributed by atoms with Crippen LogP contribution in [-0.2, 0) is 4.79 Å². The van der Waals surface area contributed by atoms with Crippen LogP contribution in [0.3, 0.4) is 0 Å². The molecule has 1 aliphatic carbocycles. The zero-order chi connectivity index (χ0) is 15.4. The van der Waals surface area contributed by atoms with Crippen molar-refractivity contribution >= 4 is 5.91 Å². The van der Waals surface area contributed by atoms with Gasteiger partial charge in [-0.25, -0.2) is 0 Å². The van der Waals surface area contributed by atoms with Crippen molar-refractivity contribution in [2.45, 2.75) is 39.2 Å². The van der Waals surface area contributed by atoms with Gasteiger partial charge in [-0.15, -0.1) is 0 Å². The van der Waals surface area contributed by atoms with Crippen LogP contribution in [0.2, 0.25) is 0 Å². The standard InChI is InChI=1S/C17H25NO3/c1-12-4-5-16(13(2)8-12)21-7-6-17(20)18(3)11-14-9-15(19)10-14/h4-5,8,14-15,19H,6-7,9-11H2,1-3H3. The largest absolute Gasteiger partial charge is 0.493 e. The Morgan fingerprint density at radius 3 is 2.71 bits per heavy atom. The van der Waals surface area contributed by atoms with E-state index in [9.17, 15) is 9.90 Å². The number of aliphatic hydroxyl groups is 1. The van der Waals surface area contributed by atoms with Gasteiger partial charge in [-0.2, -0.15) is 0 Å². The molecule has 2 rings (SSSR count). The molecule has 0 saturated heterocycles. The van der Waals surface area contributed by atoms with Crippen LogP contribution >= 0.6 is 0 Å². The predicted molar refractivity (Wildman–Crippen MR) is 82.4 cm³/mol. The van der Waals surface area contributed by atoms with Crippen molar-refractivity contribution in [2.24, 2.45) is 5.92 Å². The molecule has 0 heterocycles. The van der Waals surface area contributed by atoms with Gasteiger partial charge >= 0.3 is 0 Å². The van der Waals surface area contributed by atoms with Crippen LogP contribution in [0.1, 0.15) is 30.4 Å². The van der Waals surface area contributed by atoms with Gasteiger partial charge in [0.1, 0.15) is 5.75 Å². The molecule has 4 heteroatoms. The van der Waals surface area contributed by atoms with Gasteiger partial charge in [-0.3, -0.25) is 4.79 Å². The molecule has 1 fully saturated rings. The lowest BCUT2D eigenvalue weighted by Crippen LogP contribution is -2.39. The molecule has 1 aromatic carbocycles. The highest BCUT2D eigenvalue weighted by Crippen LogP contribution is 2.27. The molecule has 0 radical (unpaired) electrons. The zero-order valence-corrected chi connectivity index (χ0v) is 13.1. The number of nitrogens with zero attached hydrogens (tertiary/aromatic N) is 1. The van der Waals surface area contributed by atoms with E-state index in [0.717, 1.165) is 30.7 Å². The summed E-state index contributed by atoms with van der Waals surface area (Å²) in [5.74, 6) is 1.40. The molecule has 0 atom stereocenters. The van der Waals surface area contributed by atoms with Crippen LogP contribution in [0.5, 0.6) is 5.75 Å². The zero-order valence-electron chi connectivity index (χ0n) is 13.1. The first-order chi connectivity index (χ1) is 9.95. The first kappa shape index (κ1) is 15.8. The lowest BCUT2D eigenvalue weighted by Gasteiger charge is -2.34. The Bertz CT molecular complexity index is 495. The molecular weight excluding hydrogens is 266 g/mol. The minimum atomic E-state index is -0.161. The number of hydrogen-bond acceptors (Lipinski definition) is 3. The monoisotopic (exact) mass is 291 g/mol. The van der Waals surface area contributed by atoms with Crippen LogP contribution in [-0.4, -0.2) is 42.2 Å². The number of ether oxygens (including phenoxy) is 1. The Kier molecular flexibility index (Phi) is 5.23. The van der Waals surface area contributed by atoms with Crippen molar-refractivity contribution in [1.82, 2.24) is 4.90 Å². The van der Waals surface area contributed by atoms with Crippen molar-refractivity contribution in [3.63, 3.8) is 0 Å². The summed E-state index contributed by atoms with van der Waals surface area (Å²) >= 11 is 0. The average molecular weight is 291 g/mol. The highest BCUT2D eigenvalue weighted by molar-refractivity contribution is 5.76. The fraction of sp³-hybridized carbons (Fsp3) is 0.588. The molecule has 4 nitrogen and oxygen atoms in total. The maximum atomic E-state index is 12.0. The maximum absolute atomic E-state index is 12.0. The van der Waals surface area contributed by atoms with Crippen LogP contribution in [0, 0.1) is 19.8 Å². The Hall–Kier alpha value is -1.55. The van der Waals surface area contributed by atoms with Gasteiger partial charge in [-0.1, -0.05) is 17.7 Å². The molecule has 0 aromatic heterocycles. The Morgan fingerprint density at radius 2 is 2.10 bits per heavy atom. The van der Waals surface area contributed by atoms with Crippen LogP contribution < -0.4 is 4.74 Å².